The summed E-state index contributed by atoms with van der Waals surface area (Å²) in [6, 6.07) is 8.02. The van der Waals surface area contributed by atoms with Crippen LogP contribution < -0.4 is 10.0 Å². The lowest BCUT2D eigenvalue weighted by atomic mass is 10.1. The maximum Gasteiger partial charge on any atom is 0.252 e. The molecule has 0 bridgehead atoms. The highest BCUT2D eigenvalue weighted by Gasteiger charge is 2.20. The first-order chi connectivity index (χ1) is 13.3. The number of methoxy groups -OCH3 is 1. The lowest BCUT2D eigenvalue weighted by Gasteiger charge is -2.13. The summed E-state index contributed by atoms with van der Waals surface area (Å²) in [6.45, 7) is 0.295. The monoisotopic (exact) mass is 409 g/mol. The summed E-state index contributed by atoms with van der Waals surface area (Å²) in [5, 5.41) is 11.5. The fraction of sp³-hybridized carbons (Fsp3) is 0.222. The number of nitriles is 1. The van der Waals surface area contributed by atoms with E-state index in [1.54, 1.807) is 6.07 Å². The average molecular weight is 409 g/mol. The van der Waals surface area contributed by atoms with Crippen molar-refractivity contribution in [1.29, 1.82) is 5.26 Å². The molecule has 2 aromatic rings. The van der Waals surface area contributed by atoms with Gasteiger partial charge in [0.1, 0.15) is 17.7 Å². The Hall–Kier alpha value is -2.87. The van der Waals surface area contributed by atoms with E-state index in [2.05, 4.69) is 10.0 Å². The summed E-state index contributed by atoms with van der Waals surface area (Å²) in [6.07, 6.45) is 0. The van der Waals surface area contributed by atoms with E-state index < -0.39 is 33.6 Å². The van der Waals surface area contributed by atoms with Crippen LogP contribution in [-0.2, 0) is 14.8 Å². The molecule has 0 heterocycles. The van der Waals surface area contributed by atoms with E-state index in [0.29, 0.717) is 6.07 Å². The Morgan fingerprint density at radius 2 is 1.89 bits per heavy atom. The lowest BCUT2D eigenvalue weighted by Crippen LogP contribution is -2.29. The molecule has 0 spiro atoms. The molecule has 7 nitrogen and oxygen atoms in total. The Morgan fingerprint density at radius 1 is 1.21 bits per heavy atom. The number of rotatable bonds is 8. The Kier molecular flexibility index (Phi) is 7.17. The van der Waals surface area contributed by atoms with Crippen LogP contribution in [0.4, 0.5) is 8.78 Å². The molecule has 0 aliphatic heterocycles. The van der Waals surface area contributed by atoms with Crippen molar-refractivity contribution in [2.75, 3.05) is 20.3 Å². The minimum absolute atomic E-state index is 0.0541. The van der Waals surface area contributed by atoms with E-state index in [0.717, 1.165) is 12.1 Å². The predicted octanol–water partition coefficient (Wildman–Crippen LogP) is 1.88. The third kappa shape index (κ3) is 5.32. The quantitative estimate of drug-likeness (QED) is 0.648. The summed E-state index contributed by atoms with van der Waals surface area (Å²) in [5.41, 5.74) is -0.114. The molecule has 148 valence electrons. The van der Waals surface area contributed by atoms with Crippen molar-refractivity contribution in [3.8, 4) is 6.07 Å². The van der Waals surface area contributed by atoms with Crippen LogP contribution >= 0.6 is 0 Å². The summed E-state index contributed by atoms with van der Waals surface area (Å²) in [7, 11) is -2.32. The summed E-state index contributed by atoms with van der Waals surface area (Å²) in [5.74, 6) is -2.48. The molecule has 28 heavy (non-hydrogen) atoms. The molecular formula is C18H17F2N3O4S. The molecule has 0 aromatic heterocycles. The van der Waals surface area contributed by atoms with Crippen LogP contribution in [0.25, 0.3) is 0 Å². The Bertz CT molecular complexity index is 989. The van der Waals surface area contributed by atoms with E-state index in [1.807, 2.05) is 0 Å². The van der Waals surface area contributed by atoms with Crippen molar-refractivity contribution < 1.29 is 26.7 Å². The maximum absolute atomic E-state index is 13.8. The maximum atomic E-state index is 13.8. The van der Waals surface area contributed by atoms with Crippen LogP contribution in [0.15, 0.2) is 47.4 Å². The van der Waals surface area contributed by atoms with Crippen LogP contribution in [0.3, 0.4) is 0 Å². The minimum Gasteiger partial charge on any atom is -0.383 e. The minimum atomic E-state index is -3.75. The predicted molar refractivity (Wildman–Crippen MR) is 95.7 cm³/mol. The molecule has 0 aliphatic carbocycles. The molecule has 0 radical (unpaired) electrons. The highest BCUT2D eigenvalue weighted by Crippen LogP contribution is 2.19. The van der Waals surface area contributed by atoms with Gasteiger partial charge >= 0.3 is 0 Å². The van der Waals surface area contributed by atoms with Gasteiger partial charge < -0.3 is 10.1 Å². The van der Waals surface area contributed by atoms with Gasteiger partial charge in [0.25, 0.3) is 5.91 Å². The second-order valence-corrected chi connectivity index (χ2v) is 7.38. The first-order valence-electron chi connectivity index (χ1n) is 8.02. The number of sulfonamides is 1. The molecule has 1 atom stereocenters. The number of carbonyl (C=O) groups excluding carboxylic acids is 1. The van der Waals surface area contributed by atoms with Gasteiger partial charge in [-0.25, -0.2) is 21.9 Å². The van der Waals surface area contributed by atoms with Crippen molar-refractivity contribution in [2.24, 2.45) is 0 Å². The normalized spacial score (nSPS) is 12.2. The molecule has 0 saturated heterocycles. The van der Waals surface area contributed by atoms with Gasteiger partial charge in [-0.3, -0.25) is 4.79 Å². The second-order valence-electron chi connectivity index (χ2n) is 5.62. The van der Waals surface area contributed by atoms with Gasteiger partial charge in [-0.1, -0.05) is 6.07 Å². The summed E-state index contributed by atoms with van der Waals surface area (Å²) < 4.78 is 58.1. The van der Waals surface area contributed by atoms with Crippen molar-refractivity contribution in [3.63, 3.8) is 0 Å². The van der Waals surface area contributed by atoms with Crippen LogP contribution in [0.5, 0.6) is 0 Å². The van der Waals surface area contributed by atoms with Gasteiger partial charge in [0.15, 0.2) is 0 Å². The largest absolute Gasteiger partial charge is 0.383 e. The highest BCUT2D eigenvalue weighted by atomic mass is 32.2. The molecule has 0 saturated carbocycles. The fourth-order valence-corrected chi connectivity index (χ4v) is 3.29. The number of nitrogens with one attached hydrogen (secondary N) is 2. The van der Waals surface area contributed by atoms with Crippen molar-refractivity contribution in [2.45, 2.75) is 10.9 Å². The standard InChI is InChI=1S/C18H17F2N3O4S/c1-27-9-8-22-28(25,26)14-5-2-12(3-6-14)18(24)23-17(11-21)15-7-4-13(19)10-16(15)20/h2-7,10,17,22H,8-9H2,1H3,(H,23,24). The molecule has 10 heteroatoms. The zero-order valence-electron chi connectivity index (χ0n) is 14.8. The van der Waals surface area contributed by atoms with Crippen molar-refractivity contribution in [1.82, 2.24) is 10.0 Å². The Labute approximate surface area is 161 Å². The number of carbonyl (C=O) groups is 1. The fourth-order valence-electron chi connectivity index (χ4n) is 2.28. The molecule has 1 amide bonds. The van der Waals surface area contributed by atoms with E-state index >= 15 is 0 Å². The molecule has 0 aliphatic rings. The van der Waals surface area contributed by atoms with Crippen LogP contribution in [0.2, 0.25) is 0 Å². The number of benzene rings is 2. The SMILES string of the molecule is COCCNS(=O)(=O)c1ccc(C(=O)NC(C#N)c2ccc(F)cc2F)cc1. The number of nitrogens with zero attached hydrogens (tertiary/aromatic N) is 1. The first kappa shape index (κ1) is 21.4. The Balaban J connectivity index is 2.13. The number of halogens is 2. The third-order valence-corrected chi connectivity index (χ3v) is 5.18. The topological polar surface area (TPSA) is 108 Å². The highest BCUT2D eigenvalue weighted by molar-refractivity contribution is 7.89. The number of ether oxygens (including phenoxy) is 1. The van der Waals surface area contributed by atoms with E-state index in [1.165, 1.54) is 31.4 Å². The second kappa shape index (κ2) is 9.36. The Morgan fingerprint density at radius 3 is 2.46 bits per heavy atom. The van der Waals surface area contributed by atoms with Gasteiger partial charge in [0.05, 0.1) is 17.6 Å². The van der Waals surface area contributed by atoms with Gasteiger partial charge in [-0.2, -0.15) is 5.26 Å². The van der Waals surface area contributed by atoms with Gasteiger partial charge in [0.2, 0.25) is 10.0 Å². The van der Waals surface area contributed by atoms with Gasteiger partial charge in [0, 0.05) is 30.8 Å². The molecule has 2 rings (SSSR count). The van der Waals surface area contributed by atoms with Gasteiger partial charge in [-0.05, 0) is 30.3 Å². The van der Waals surface area contributed by atoms with E-state index in [-0.39, 0.29) is 29.2 Å². The molecule has 2 aromatic carbocycles. The van der Waals surface area contributed by atoms with E-state index in [9.17, 15) is 27.3 Å². The van der Waals surface area contributed by atoms with Crippen LogP contribution in [0, 0.1) is 23.0 Å². The van der Waals surface area contributed by atoms with Gasteiger partial charge in [-0.15, -0.1) is 0 Å². The van der Waals surface area contributed by atoms with Crippen molar-refractivity contribution in [3.05, 3.63) is 65.2 Å². The lowest BCUT2D eigenvalue weighted by molar-refractivity contribution is 0.0944. The molecule has 1 unspecified atom stereocenters. The molecule has 0 fully saturated rings. The smallest absolute Gasteiger partial charge is 0.252 e. The van der Waals surface area contributed by atoms with Crippen LogP contribution in [0.1, 0.15) is 22.0 Å². The molecular weight excluding hydrogens is 392 g/mol. The number of hydrogen-bond acceptors (Lipinski definition) is 5. The average Bonchev–Trinajstić information content (AvgIpc) is 2.66. The number of amides is 1. The number of hydrogen-bond donors (Lipinski definition) is 2. The first-order valence-corrected chi connectivity index (χ1v) is 9.51. The third-order valence-electron chi connectivity index (χ3n) is 3.70. The zero-order valence-corrected chi connectivity index (χ0v) is 15.6. The molecule has 2 N–H and O–H groups in total. The van der Waals surface area contributed by atoms with Crippen LogP contribution in [-0.4, -0.2) is 34.6 Å². The van der Waals surface area contributed by atoms with Crippen molar-refractivity contribution >= 4 is 15.9 Å². The van der Waals surface area contributed by atoms with E-state index in [4.69, 9.17) is 4.74 Å². The zero-order chi connectivity index (χ0) is 20.7. The summed E-state index contributed by atoms with van der Waals surface area (Å²) >= 11 is 0. The summed E-state index contributed by atoms with van der Waals surface area (Å²) in [4.78, 5) is 12.2.